The van der Waals surface area contributed by atoms with E-state index >= 15 is 0 Å². The van der Waals surface area contributed by atoms with Crippen molar-refractivity contribution < 1.29 is 18.7 Å². The van der Waals surface area contributed by atoms with E-state index in [9.17, 15) is 13.6 Å². The van der Waals surface area contributed by atoms with Gasteiger partial charge in [-0.25, -0.2) is 8.78 Å². The zero-order chi connectivity index (χ0) is 16.4. The molecule has 1 aliphatic heterocycles. The second-order valence-electron chi connectivity index (χ2n) is 5.79. The molecule has 23 heavy (non-hydrogen) atoms. The van der Waals surface area contributed by atoms with E-state index in [4.69, 9.17) is 5.11 Å². The number of carbonyl (C=O) groups is 1. The Labute approximate surface area is 132 Å². The molecule has 1 aliphatic rings. The molecule has 1 aromatic carbocycles. The number of aliphatic hydroxyl groups is 1. The van der Waals surface area contributed by atoms with Gasteiger partial charge in [0.2, 0.25) is 0 Å². The molecular formula is C17H18F2N2O2. The molecule has 0 spiro atoms. The molecule has 0 bridgehead atoms. The lowest BCUT2D eigenvalue weighted by atomic mass is 9.93. The van der Waals surface area contributed by atoms with E-state index in [2.05, 4.69) is 4.98 Å². The summed E-state index contributed by atoms with van der Waals surface area (Å²) in [6.45, 7) is -0.779. The molecule has 0 saturated carbocycles. The highest BCUT2D eigenvalue weighted by Crippen LogP contribution is 2.34. The number of hydrogen-bond donors (Lipinski definition) is 2. The monoisotopic (exact) mass is 320 g/mol. The molecule has 4 nitrogen and oxygen atoms in total. The summed E-state index contributed by atoms with van der Waals surface area (Å²) in [7, 11) is 0. The summed E-state index contributed by atoms with van der Waals surface area (Å²) in [5, 5.41) is 9.17. The van der Waals surface area contributed by atoms with Crippen molar-refractivity contribution in [2.45, 2.75) is 12.3 Å². The van der Waals surface area contributed by atoms with Gasteiger partial charge in [0.15, 0.2) is 0 Å². The maximum Gasteiger partial charge on any atom is 0.256 e. The average Bonchev–Trinajstić information content (AvgIpc) is 3.04. The van der Waals surface area contributed by atoms with Crippen molar-refractivity contribution in [3.05, 3.63) is 48.3 Å². The van der Waals surface area contributed by atoms with Gasteiger partial charge in [0, 0.05) is 37.5 Å². The molecule has 6 heteroatoms. The Bertz CT molecular complexity index is 685. The van der Waals surface area contributed by atoms with Gasteiger partial charge < -0.3 is 15.0 Å². The number of aromatic amines is 1. The summed E-state index contributed by atoms with van der Waals surface area (Å²) in [6, 6.07) is 9.41. The summed E-state index contributed by atoms with van der Waals surface area (Å²) in [5.74, 6) is -4.43. The van der Waals surface area contributed by atoms with E-state index in [1.165, 1.54) is 4.90 Å². The van der Waals surface area contributed by atoms with E-state index < -0.39 is 24.9 Å². The van der Waals surface area contributed by atoms with E-state index in [1.54, 1.807) is 12.4 Å². The number of aliphatic hydroxyl groups excluding tert-OH is 1. The van der Waals surface area contributed by atoms with Crippen molar-refractivity contribution in [3.63, 3.8) is 0 Å². The fraction of sp³-hybridized carbons (Fsp3) is 0.353. The highest BCUT2D eigenvalue weighted by Gasteiger charge is 2.45. The molecule has 2 N–H and O–H groups in total. The molecule has 122 valence electrons. The number of piperidine rings is 1. The molecule has 2 aromatic rings. The van der Waals surface area contributed by atoms with Crippen LogP contribution in [0.15, 0.2) is 42.7 Å². The third-order valence-corrected chi connectivity index (χ3v) is 4.32. The quantitative estimate of drug-likeness (QED) is 0.914. The van der Waals surface area contributed by atoms with Crippen LogP contribution in [0.1, 0.15) is 16.8 Å². The predicted molar refractivity (Wildman–Crippen MR) is 82.3 cm³/mol. The number of nitrogens with zero attached hydrogens (tertiary/aromatic N) is 1. The van der Waals surface area contributed by atoms with E-state index in [1.807, 2.05) is 30.3 Å². The second-order valence-corrected chi connectivity index (χ2v) is 5.79. The largest absolute Gasteiger partial charge is 0.396 e. The van der Waals surface area contributed by atoms with Crippen LogP contribution in [-0.4, -0.2) is 46.5 Å². The number of aromatic nitrogens is 1. The third kappa shape index (κ3) is 2.99. The fourth-order valence-corrected chi connectivity index (χ4v) is 2.92. The van der Waals surface area contributed by atoms with Crippen molar-refractivity contribution >= 4 is 5.91 Å². The SMILES string of the molecule is O=C(c1c[nH]cc1-c1ccccc1)N1CCC(F)(F)C(CO)C1. The van der Waals surface area contributed by atoms with Crippen LogP contribution in [0, 0.1) is 5.92 Å². The number of carbonyl (C=O) groups excluding carboxylic acids is 1. The molecule has 1 fully saturated rings. The fourth-order valence-electron chi connectivity index (χ4n) is 2.92. The highest BCUT2D eigenvalue weighted by molar-refractivity contribution is 6.00. The number of benzene rings is 1. The first-order valence-electron chi connectivity index (χ1n) is 7.53. The Kier molecular flexibility index (Phi) is 4.17. The normalized spacial score (nSPS) is 20.5. The molecule has 0 radical (unpaired) electrons. The van der Waals surface area contributed by atoms with Crippen LogP contribution >= 0.6 is 0 Å². The number of nitrogens with one attached hydrogen (secondary N) is 1. The van der Waals surface area contributed by atoms with Gasteiger partial charge in [-0.3, -0.25) is 4.79 Å². The Balaban J connectivity index is 1.84. The zero-order valence-electron chi connectivity index (χ0n) is 12.5. The van der Waals surface area contributed by atoms with Gasteiger partial charge in [0.1, 0.15) is 0 Å². The average molecular weight is 320 g/mol. The van der Waals surface area contributed by atoms with Gasteiger partial charge in [-0.05, 0) is 5.56 Å². The van der Waals surface area contributed by atoms with Crippen molar-refractivity contribution in [1.29, 1.82) is 0 Å². The van der Waals surface area contributed by atoms with Gasteiger partial charge in [0.05, 0.1) is 18.1 Å². The van der Waals surface area contributed by atoms with Gasteiger partial charge >= 0.3 is 0 Å². The van der Waals surface area contributed by atoms with Crippen LogP contribution in [0.2, 0.25) is 0 Å². The lowest BCUT2D eigenvalue weighted by Crippen LogP contribution is -2.50. The molecule has 0 aliphatic carbocycles. The Morgan fingerprint density at radius 2 is 2.04 bits per heavy atom. The molecule has 3 rings (SSSR count). The third-order valence-electron chi connectivity index (χ3n) is 4.32. The summed E-state index contributed by atoms with van der Waals surface area (Å²) >= 11 is 0. The summed E-state index contributed by atoms with van der Waals surface area (Å²) in [6.07, 6.45) is 2.89. The summed E-state index contributed by atoms with van der Waals surface area (Å²) in [5.41, 5.74) is 2.09. The van der Waals surface area contributed by atoms with Gasteiger partial charge in [-0.2, -0.15) is 0 Å². The zero-order valence-corrected chi connectivity index (χ0v) is 12.5. The minimum Gasteiger partial charge on any atom is -0.396 e. The summed E-state index contributed by atoms with van der Waals surface area (Å²) < 4.78 is 27.4. The number of amides is 1. The van der Waals surface area contributed by atoms with Crippen molar-refractivity contribution in [2.75, 3.05) is 19.7 Å². The van der Waals surface area contributed by atoms with Crippen LogP contribution in [0.5, 0.6) is 0 Å². The highest BCUT2D eigenvalue weighted by atomic mass is 19.3. The molecule has 1 atom stereocenters. The molecule has 2 heterocycles. The standard InChI is InChI=1S/C17H18F2N2O2/c18-17(19)6-7-21(10-13(17)11-22)16(23)15-9-20-8-14(15)12-4-2-1-3-5-12/h1-5,8-9,13,20,22H,6-7,10-11H2. The molecule has 1 amide bonds. The molecule has 1 saturated heterocycles. The Morgan fingerprint density at radius 1 is 1.30 bits per heavy atom. The number of alkyl halides is 2. The van der Waals surface area contributed by atoms with Crippen molar-refractivity contribution in [3.8, 4) is 11.1 Å². The maximum atomic E-state index is 13.7. The van der Waals surface area contributed by atoms with Crippen molar-refractivity contribution in [1.82, 2.24) is 9.88 Å². The lowest BCUT2D eigenvalue weighted by Gasteiger charge is -2.37. The topological polar surface area (TPSA) is 56.3 Å². The van der Waals surface area contributed by atoms with E-state index in [0.29, 0.717) is 5.56 Å². The first-order valence-corrected chi connectivity index (χ1v) is 7.53. The van der Waals surface area contributed by atoms with E-state index in [0.717, 1.165) is 11.1 Å². The molecule has 1 unspecified atom stereocenters. The van der Waals surface area contributed by atoms with Crippen LogP contribution in [0.25, 0.3) is 11.1 Å². The number of halogens is 2. The van der Waals surface area contributed by atoms with Gasteiger partial charge in [-0.15, -0.1) is 0 Å². The minimum atomic E-state index is -2.92. The smallest absolute Gasteiger partial charge is 0.256 e. The van der Waals surface area contributed by atoms with Gasteiger partial charge in [-0.1, -0.05) is 30.3 Å². The molecular weight excluding hydrogens is 302 g/mol. The number of rotatable bonds is 3. The number of H-pyrrole nitrogens is 1. The predicted octanol–water partition coefficient (Wildman–Crippen LogP) is 2.77. The van der Waals surface area contributed by atoms with Crippen LogP contribution < -0.4 is 0 Å². The first-order chi connectivity index (χ1) is 11.0. The van der Waals surface area contributed by atoms with Crippen LogP contribution in [-0.2, 0) is 0 Å². The lowest BCUT2D eigenvalue weighted by molar-refractivity contribution is -0.113. The number of hydrogen-bond acceptors (Lipinski definition) is 2. The molecule has 1 aromatic heterocycles. The second kappa shape index (κ2) is 6.12. The van der Waals surface area contributed by atoms with Crippen LogP contribution in [0.4, 0.5) is 8.78 Å². The van der Waals surface area contributed by atoms with Crippen LogP contribution in [0.3, 0.4) is 0 Å². The van der Waals surface area contributed by atoms with Gasteiger partial charge in [0.25, 0.3) is 11.8 Å². The minimum absolute atomic E-state index is 0.0122. The maximum absolute atomic E-state index is 13.7. The van der Waals surface area contributed by atoms with Crippen molar-refractivity contribution in [2.24, 2.45) is 5.92 Å². The number of likely N-dealkylation sites (tertiary alicyclic amines) is 1. The summed E-state index contributed by atoms with van der Waals surface area (Å²) in [4.78, 5) is 17.0. The van der Waals surface area contributed by atoms with E-state index in [-0.39, 0.29) is 19.0 Å². The Hall–Kier alpha value is -2.21. The Morgan fingerprint density at radius 3 is 2.74 bits per heavy atom. The first kappa shape index (κ1) is 15.7.